The highest BCUT2D eigenvalue weighted by Crippen LogP contribution is 2.37. The van der Waals surface area contributed by atoms with Crippen molar-refractivity contribution in [1.29, 1.82) is 0 Å². The zero-order valence-corrected chi connectivity index (χ0v) is 12.3. The molecule has 1 aromatic rings. The minimum Gasteiger partial charge on any atom is -0.469 e. The summed E-state index contributed by atoms with van der Waals surface area (Å²) in [6.45, 7) is 1.01. The van der Waals surface area contributed by atoms with E-state index >= 15 is 0 Å². The molecule has 1 N–H and O–H groups in total. The van der Waals surface area contributed by atoms with E-state index in [1.165, 1.54) is 12.0 Å². The van der Waals surface area contributed by atoms with Gasteiger partial charge in [0.1, 0.15) is 5.82 Å². The summed E-state index contributed by atoms with van der Waals surface area (Å²) in [6, 6.07) is 0. The van der Waals surface area contributed by atoms with Gasteiger partial charge in [-0.05, 0) is 12.8 Å². The van der Waals surface area contributed by atoms with Crippen LogP contribution in [0, 0.1) is 0 Å². The molecule has 8 heteroatoms. The van der Waals surface area contributed by atoms with Gasteiger partial charge in [0.25, 0.3) is 5.91 Å². The van der Waals surface area contributed by atoms with Crippen molar-refractivity contribution < 1.29 is 19.1 Å². The number of ether oxygens (including phenoxy) is 2. The van der Waals surface area contributed by atoms with Crippen LogP contribution in [0.25, 0.3) is 0 Å². The van der Waals surface area contributed by atoms with Gasteiger partial charge in [-0.3, -0.25) is 14.7 Å². The minimum atomic E-state index is -0.362. The van der Waals surface area contributed by atoms with Crippen LogP contribution in [0.3, 0.4) is 0 Å². The first-order valence-corrected chi connectivity index (χ1v) is 6.93. The number of carbonyl (C=O) groups excluding carboxylic acids is 2. The van der Waals surface area contributed by atoms with Crippen molar-refractivity contribution in [3.05, 3.63) is 11.6 Å². The molecular weight excluding hydrogens is 276 g/mol. The van der Waals surface area contributed by atoms with E-state index in [9.17, 15) is 9.59 Å². The first-order valence-electron chi connectivity index (χ1n) is 6.93. The quantitative estimate of drug-likeness (QED) is 0.694. The fraction of sp³-hybridized carbons (Fsp3) is 0.692. The Labute approximate surface area is 122 Å². The van der Waals surface area contributed by atoms with Gasteiger partial charge in [-0.2, -0.15) is 0 Å². The van der Waals surface area contributed by atoms with Crippen molar-refractivity contribution in [3.8, 4) is 0 Å². The first-order chi connectivity index (χ1) is 10.2. The lowest BCUT2D eigenvalue weighted by atomic mass is 10.3. The SMILES string of the molecule is COCCN(CCC(=O)OC)C(=O)c1n[nH]c(C2CC2)n1. The molecule has 1 fully saturated rings. The van der Waals surface area contributed by atoms with Gasteiger partial charge in [0.2, 0.25) is 5.82 Å². The summed E-state index contributed by atoms with van der Waals surface area (Å²) in [6.07, 6.45) is 2.29. The molecule has 1 aliphatic rings. The normalized spacial score (nSPS) is 14.0. The van der Waals surface area contributed by atoms with E-state index in [1.807, 2.05) is 0 Å². The van der Waals surface area contributed by atoms with Crippen LogP contribution in [0.15, 0.2) is 0 Å². The number of aromatic amines is 1. The number of methoxy groups -OCH3 is 2. The summed E-state index contributed by atoms with van der Waals surface area (Å²) < 4.78 is 9.58. The number of hydrogen-bond donors (Lipinski definition) is 1. The van der Waals surface area contributed by atoms with Gasteiger partial charge >= 0.3 is 5.97 Å². The highest BCUT2D eigenvalue weighted by atomic mass is 16.5. The Kier molecular flexibility index (Phi) is 5.26. The Bertz CT molecular complexity index is 498. The van der Waals surface area contributed by atoms with Crippen molar-refractivity contribution in [2.24, 2.45) is 0 Å². The molecule has 1 aliphatic carbocycles. The molecule has 1 saturated carbocycles. The second kappa shape index (κ2) is 7.16. The fourth-order valence-electron chi connectivity index (χ4n) is 1.90. The second-order valence-corrected chi connectivity index (χ2v) is 4.93. The smallest absolute Gasteiger partial charge is 0.307 e. The van der Waals surface area contributed by atoms with Gasteiger partial charge in [-0.15, -0.1) is 5.10 Å². The Morgan fingerprint density at radius 1 is 1.33 bits per heavy atom. The van der Waals surface area contributed by atoms with E-state index in [2.05, 4.69) is 19.9 Å². The fourth-order valence-corrected chi connectivity index (χ4v) is 1.90. The monoisotopic (exact) mass is 296 g/mol. The van der Waals surface area contributed by atoms with Crippen molar-refractivity contribution in [2.45, 2.75) is 25.2 Å². The summed E-state index contributed by atoms with van der Waals surface area (Å²) in [4.78, 5) is 29.3. The highest BCUT2D eigenvalue weighted by Gasteiger charge is 2.29. The third-order valence-electron chi connectivity index (χ3n) is 3.32. The molecule has 2 rings (SSSR count). The summed E-state index contributed by atoms with van der Waals surface area (Å²) in [5.41, 5.74) is 0. The molecule has 1 aromatic heterocycles. The predicted molar refractivity (Wildman–Crippen MR) is 72.8 cm³/mol. The predicted octanol–water partition coefficient (Wildman–Crippen LogP) is 0.334. The molecule has 0 aromatic carbocycles. The number of nitrogens with zero attached hydrogens (tertiary/aromatic N) is 3. The lowest BCUT2D eigenvalue weighted by Crippen LogP contribution is -2.36. The van der Waals surface area contributed by atoms with Crippen molar-refractivity contribution in [2.75, 3.05) is 33.9 Å². The summed E-state index contributed by atoms with van der Waals surface area (Å²) in [5.74, 6) is 0.635. The first kappa shape index (κ1) is 15.4. The Morgan fingerprint density at radius 3 is 2.71 bits per heavy atom. The number of hydrogen-bond acceptors (Lipinski definition) is 6. The number of H-pyrrole nitrogens is 1. The topological polar surface area (TPSA) is 97.4 Å². The lowest BCUT2D eigenvalue weighted by molar-refractivity contribution is -0.140. The van der Waals surface area contributed by atoms with E-state index in [0.717, 1.165) is 18.7 Å². The van der Waals surface area contributed by atoms with Crippen molar-refractivity contribution in [3.63, 3.8) is 0 Å². The van der Waals surface area contributed by atoms with Crippen LogP contribution in [0.2, 0.25) is 0 Å². The Balaban J connectivity index is 1.98. The maximum absolute atomic E-state index is 12.4. The average Bonchev–Trinajstić information content (AvgIpc) is 3.23. The molecule has 0 unspecified atom stereocenters. The van der Waals surface area contributed by atoms with Gasteiger partial charge in [-0.25, -0.2) is 4.98 Å². The standard InChI is InChI=1S/C13H20N4O4/c1-20-8-7-17(6-5-10(18)21-2)13(19)12-14-11(15-16-12)9-3-4-9/h9H,3-8H2,1-2H3,(H,14,15,16). The van der Waals surface area contributed by atoms with Crippen molar-refractivity contribution in [1.82, 2.24) is 20.1 Å². The largest absolute Gasteiger partial charge is 0.469 e. The zero-order valence-electron chi connectivity index (χ0n) is 12.3. The van der Waals surface area contributed by atoms with Crippen LogP contribution in [0.1, 0.15) is 41.6 Å². The van der Waals surface area contributed by atoms with E-state index in [1.54, 1.807) is 7.11 Å². The number of aromatic nitrogens is 3. The zero-order chi connectivity index (χ0) is 15.2. The van der Waals surface area contributed by atoms with Crippen LogP contribution in [0.5, 0.6) is 0 Å². The van der Waals surface area contributed by atoms with E-state index in [4.69, 9.17) is 4.74 Å². The number of esters is 1. The van der Waals surface area contributed by atoms with Gasteiger partial charge in [0.15, 0.2) is 0 Å². The van der Waals surface area contributed by atoms with Crippen LogP contribution in [-0.2, 0) is 14.3 Å². The third-order valence-corrected chi connectivity index (χ3v) is 3.32. The molecule has 1 amide bonds. The van der Waals surface area contributed by atoms with Gasteiger partial charge in [0.05, 0.1) is 20.1 Å². The summed E-state index contributed by atoms with van der Waals surface area (Å²) in [7, 11) is 2.88. The maximum atomic E-state index is 12.4. The number of rotatable bonds is 8. The molecule has 1 heterocycles. The maximum Gasteiger partial charge on any atom is 0.307 e. The summed E-state index contributed by atoms with van der Waals surface area (Å²) >= 11 is 0. The van der Waals surface area contributed by atoms with Crippen LogP contribution in [-0.4, -0.2) is 65.9 Å². The molecule has 0 atom stereocenters. The van der Waals surface area contributed by atoms with E-state index in [-0.39, 0.29) is 30.7 Å². The third kappa shape index (κ3) is 4.25. The highest BCUT2D eigenvalue weighted by molar-refractivity contribution is 5.90. The molecule has 116 valence electrons. The van der Waals surface area contributed by atoms with Gasteiger partial charge < -0.3 is 14.4 Å². The Hall–Kier alpha value is -1.96. The van der Waals surface area contributed by atoms with Crippen LogP contribution < -0.4 is 0 Å². The molecule has 21 heavy (non-hydrogen) atoms. The Morgan fingerprint density at radius 2 is 2.10 bits per heavy atom. The minimum absolute atomic E-state index is 0.131. The number of carbonyl (C=O) groups is 2. The second-order valence-electron chi connectivity index (χ2n) is 4.93. The van der Waals surface area contributed by atoms with Crippen molar-refractivity contribution >= 4 is 11.9 Å². The van der Waals surface area contributed by atoms with Gasteiger partial charge in [0, 0.05) is 26.1 Å². The summed E-state index contributed by atoms with van der Waals surface area (Å²) in [5, 5.41) is 6.77. The molecule has 0 radical (unpaired) electrons. The molecule has 0 bridgehead atoms. The molecule has 0 spiro atoms. The van der Waals surface area contributed by atoms with Crippen LogP contribution >= 0.6 is 0 Å². The van der Waals surface area contributed by atoms with Gasteiger partial charge in [-0.1, -0.05) is 0 Å². The average molecular weight is 296 g/mol. The molecule has 0 saturated heterocycles. The van der Waals surface area contributed by atoms with Crippen LogP contribution in [0.4, 0.5) is 0 Å². The van der Waals surface area contributed by atoms with E-state index in [0.29, 0.717) is 19.1 Å². The number of nitrogens with one attached hydrogen (secondary N) is 1. The molecule has 0 aliphatic heterocycles. The number of amides is 1. The lowest BCUT2D eigenvalue weighted by Gasteiger charge is -2.20. The molecular formula is C13H20N4O4. The molecule has 8 nitrogen and oxygen atoms in total. The van der Waals surface area contributed by atoms with E-state index < -0.39 is 0 Å².